The zero-order chi connectivity index (χ0) is 15.2. The van der Waals surface area contributed by atoms with Crippen LogP contribution in [0.25, 0.3) is 0 Å². The van der Waals surface area contributed by atoms with Gasteiger partial charge in [0.15, 0.2) is 5.82 Å². The topological polar surface area (TPSA) is 100 Å². The van der Waals surface area contributed by atoms with Crippen LogP contribution in [0.1, 0.15) is 13.8 Å². The van der Waals surface area contributed by atoms with Crippen molar-refractivity contribution in [1.82, 2.24) is 14.6 Å². The summed E-state index contributed by atoms with van der Waals surface area (Å²) in [6.07, 6.45) is 1.21. The van der Waals surface area contributed by atoms with E-state index in [4.69, 9.17) is 17.4 Å². The van der Waals surface area contributed by atoms with Crippen molar-refractivity contribution >= 4 is 27.4 Å². The number of halogens is 1. The van der Waals surface area contributed by atoms with Gasteiger partial charge in [0, 0.05) is 19.3 Å². The summed E-state index contributed by atoms with van der Waals surface area (Å²) < 4.78 is 26.6. The van der Waals surface area contributed by atoms with Gasteiger partial charge in [-0.1, -0.05) is 25.4 Å². The van der Waals surface area contributed by atoms with Crippen molar-refractivity contribution < 1.29 is 8.42 Å². The number of sulfonamides is 1. The number of anilines is 1. The van der Waals surface area contributed by atoms with Crippen LogP contribution < -0.4 is 16.0 Å². The number of hydrazine groups is 1. The minimum atomic E-state index is -3.61. The largest absolute Gasteiger partial charge is 0.307 e. The molecule has 1 rings (SSSR count). The standard InChI is InChI=1S/C11H20ClN5O2S/c1-3-17(4-2)6-5-15-20(18,19)9-7-10(12)11(16-13)14-8-9/h7-8,15H,3-6,13H2,1-2H3,(H,14,16). The van der Waals surface area contributed by atoms with E-state index in [1.165, 1.54) is 12.3 Å². The van der Waals surface area contributed by atoms with Crippen LogP contribution in [-0.2, 0) is 10.0 Å². The van der Waals surface area contributed by atoms with Crippen LogP contribution in [0.3, 0.4) is 0 Å². The third-order valence-corrected chi connectivity index (χ3v) is 4.59. The Hall–Kier alpha value is -0.930. The highest BCUT2D eigenvalue weighted by atomic mass is 35.5. The van der Waals surface area contributed by atoms with Crippen LogP contribution in [0, 0.1) is 0 Å². The molecule has 0 amide bonds. The lowest BCUT2D eigenvalue weighted by Gasteiger charge is -2.18. The quantitative estimate of drug-likeness (QED) is 0.480. The maximum absolute atomic E-state index is 12.1. The lowest BCUT2D eigenvalue weighted by atomic mass is 10.5. The van der Waals surface area contributed by atoms with Gasteiger partial charge in [0.25, 0.3) is 0 Å². The molecular formula is C11H20ClN5O2S. The molecule has 4 N–H and O–H groups in total. The van der Waals surface area contributed by atoms with E-state index >= 15 is 0 Å². The SMILES string of the molecule is CCN(CC)CCNS(=O)(=O)c1cnc(NN)c(Cl)c1. The van der Waals surface area contributed by atoms with Crippen LogP contribution in [0.4, 0.5) is 5.82 Å². The Morgan fingerprint density at radius 2 is 2.05 bits per heavy atom. The molecule has 0 aliphatic carbocycles. The number of aromatic nitrogens is 1. The molecule has 1 aromatic rings. The molecule has 0 bridgehead atoms. The van der Waals surface area contributed by atoms with Crippen LogP contribution in [0.5, 0.6) is 0 Å². The Morgan fingerprint density at radius 3 is 2.55 bits per heavy atom. The summed E-state index contributed by atoms with van der Waals surface area (Å²) in [5.41, 5.74) is 2.28. The number of nitrogens with two attached hydrogens (primary N) is 1. The van der Waals surface area contributed by atoms with Gasteiger partial charge in [-0.2, -0.15) is 0 Å². The molecule has 114 valence electrons. The Balaban J connectivity index is 2.71. The monoisotopic (exact) mass is 321 g/mol. The summed E-state index contributed by atoms with van der Waals surface area (Å²) in [5, 5.41) is 0.152. The number of nitrogens with zero attached hydrogens (tertiary/aromatic N) is 2. The molecule has 0 saturated heterocycles. The molecule has 0 atom stereocenters. The Bertz CT molecular complexity index is 534. The van der Waals surface area contributed by atoms with Crippen molar-refractivity contribution in [2.24, 2.45) is 5.84 Å². The zero-order valence-corrected chi connectivity index (χ0v) is 13.1. The van der Waals surface area contributed by atoms with E-state index in [2.05, 4.69) is 20.0 Å². The van der Waals surface area contributed by atoms with Gasteiger partial charge < -0.3 is 10.3 Å². The maximum atomic E-state index is 12.1. The first-order valence-corrected chi connectivity index (χ1v) is 8.14. The van der Waals surface area contributed by atoms with Crippen molar-refractivity contribution in [1.29, 1.82) is 0 Å². The van der Waals surface area contributed by atoms with Gasteiger partial charge in [0.2, 0.25) is 10.0 Å². The van der Waals surface area contributed by atoms with Crippen LogP contribution in [0.15, 0.2) is 17.2 Å². The third kappa shape index (κ3) is 4.57. The average Bonchev–Trinajstić information content (AvgIpc) is 2.43. The molecule has 0 aliphatic heterocycles. The number of rotatable bonds is 8. The van der Waals surface area contributed by atoms with Gasteiger partial charge in [0.1, 0.15) is 4.90 Å². The molecule has 0 aliphatic rings. The second-order valence-corrected chi connectivity index (χ2v) is 6.24. The first-order valence-electron chi connectivity index (χ1n) is 6.28. The molecule has 0 aromatic carbocycles. The smallest absolute Gasteiger partial charge is 0.242 e. The van der Waals surface area contributed by atoms with Gasteiger partial charge in [-0.15, -0.1) is 0 Å². The van der Waals surface area contributed by atoms with Gasteiger partial charge in [-0.05, 0) is 19.2 Å². The summed E-state index contributed by atoms with van der Waals surface area (Å²) in [5.74, 6) is 5.42. The van der Waals surface area contributed by atoms with Crippen molar-refractivity contribution in [3.05, 3.63) is 17.3 Å². The highest BCUT2D eigenvalue weighted by Crippen LogP contribution is 2.21. The fraction of sp³-hybridized carbons (Fsp3) is 0.545. The van der Waals surface area contributed by atoms with E-state index < -0.39 is 10.0 Å². The second kappa shape index (κ2) is 7.75. The summed E-state index contributed by atoms with van der Waals surface area (Å²) in [6, 6.07) is 1.31. The fourth-order valence-electron chi connectivity index (χ4n) is 1.63. The lowest BCUT2D eigenvalue weighted by Crippen LogP contribution is -2.34. The van der Waals surface area contributed by atoms with E-state index in [0.29, 0.717) is 13.1 Å². The van der Waals surface area contributed by atoms with Gasteiger partial charge >= 0.3 is 0 Å². The number of hydrogen-bond donors (Lipinski definition) is 3. The molecule has 0 saturated carbocycles. The molecule has 1 heterocycles. The van der Waals surface area contributed by atoms with E-state index in [-0.39, 0.29) is 15.7 Å². The third-order valence-electron chi connectivity index (χ3n) is 2.88. The fourth-order valence-corrected chi connectivity index (χ4v) is 2.91. The normalized spacial score (nSPS) is 11.8. The first kappa shape index (κ1) is 17.1. The van der Waals surface area contributed by atoms with Gasteiger partial charge in [-0.3, -0.25) is 0 Å². The summed E-state index contributed by atoms with van der Waals surface area (Å²) in [7, 11) is -3.61. The second-order valence-electron chi connectivity index (χ2n) is 4.07. The van der Waals surface area contributed by atoms with Crippen LogP contribution >= 0.6 is 11.6 Å². The Morgan fingerprint density at radius 1 is 1.40 bits per heavy atom. The predicted octanol–water partition coefficient (Wildman–Crippen LogP) is 0.641. The van der Waals surface area contributed by atoms with Crippen molar-refractivity contribution in [2.75, 3.05) is 31.6 Å². The molecule has 1 aromatic heterocycles. The minimum Gasteiger partial charge on any atom is -0.307 e. The Kier molecular flexibility index (Phi) is 6.63. The van der Waals surface area contributed by atoms with Crippen LogP contribution in [0.2, 0.25) is 5.02 Å². The Labute approximate surface area is 124 Å². The average molecular weight is 322 g/mol. The van der Waals surface area contributed by atoms with Crippen molar-refractivity contribution in [3.8, 4) is 0 Å². The highest BCUT2D eigenvalue weighted by molar-refractivity contribution is 7.89. The van der Waals surface area contributed by atoms with E-state index in [9.17, 15) is 8.42 Å². The summed E-state index contributed by atoms with van der Waals surface area (Å²) >= 11 is 5.86. The van der Waals surface area contributed by atoms with Crippen LogP contribution in [-0.4, -0.2) is 44.5 Å². The van der Waals surface area contributed by atoms with Crippen molar-refractivity contribution in [3.63, 3.8) is 0 Å². The molecule has 9 heteroatoms. The van der Waals surface area contributed by atoms with E-state index in [1.54, 1.807) is 0 Å². The highest BCUT2D eigenvalue weighted by Gasteiger charge is 2.16. The molecule has 7 nitrogen and oxygen atoms in total. The zero-order valence-electron chi connectivity index (χ0n) is 11.6. The van der Waals surface area contributed by atoms with E-state index in [0.717, 1.165) is 13.1 Å². The number of nitrogen functional groups attached to an aromatic ring is 1. The number of pyridine rings is 1. The number of hydrogen-bond acceptors (Lipinski definition) is 6. The van der Waals surface area contributed by atoms with E-state index in [1.807, 2.05) is 13.8 Å². The lowest BCUT2D eigenvalue weighted by molar-refractivity contribution is 0.309. The molecule has 0 fully saturated rings. The van der Waals surface area contributed by atoms with Gasteiger partial charge in [0.05, 0.1) is 5.02 Å². The molecular weight excluding hydrogens is 302 g/mol. The maximum Gasteiger partial charge on any atom is 0.242 e. The molecule has 0 radical (unpaired) electrons. The number of likely N-dealkylation sites (N-methyl/N-ethyl adjacent to an activating group) is 1. The predicted molar refractivity (Wildman–Crippen MR) is 80.0 cm³/mol. The number of nitrogens with one attached hydrogen (secondary N) is 2. The minimum absolute atomic E-state index is 0.0149. The van der Waals surface area contributed by atoms with Crippen molar-refractivity contribution in [2.45, 2.75) is 18.7 Å². The molecule has 0 spiro atoms. The molecule has 20 heavy (non-hydrogen) atoms. The summed E-state index contributed by atoms with van der Waals surface area (Å²) in [6.45, 7) is 6.79. The first-order chi connectivity index (χ1) is 9.44. The summed E-state index contributed by atoms with van der Waals surface area (Å²) in [4.78, 5) is 5.98. The molecule has 0 unspecified atom stereocenters. The van der Waals surface area contributed by atoms with Gasteiger partial charge in [-0.25, -0.2) is 24.0 Å².